The molecule has 0 aliphatic carbocycles. The van der Waals surface area contributed by atoms with Crippen molar-refractivity contribution >= 4 is 5.82 Å². The van der Waals surface area contributed by atoms with E-state index in [9.17, 15) is 0 Å². The van der Waals surface area contributed by atoms with Gasteiger partial charge >= 0.3 is 0 Å². The normalized spacial score (nSPS) is 9.69. The van der Waals surface area contributed by atoms with Gasteiger partial charge in [0.2, 0.25) is 0 Å². The van der Waals surface area contributed by atoms with Crippen molar-refractivity contribution in [2.45, 2.75) is 6.54 Å². The second-order valence-electron chi connectivity index (χ2n) is 3.27. The fourth-order valence-corrected chi connectivity index (χ4v) is 1.30. The van der Waals surface area contributed by atoms with Crippen molar-refractivity contribution in [2.75, 3.05) is 11.9 Å². The Labute approximate surface area is 93.4 Å². The largest absolute Gasteiger partial charge is 0.368 e. The summed E-state index contributed by atoms with van der Waals surface area (Å²) in [6, 6.07) is 5.57. The number of nitrogens with one attached hydrogen (secondary N) is 1. The lowest BCUT2D eigenvalue weighted by molar-refractivity contribution is 0.725. The zero-order valence-corrected chi connectivity index (χ0v) is 8.67. The second-order valence-corrected chi connectivity index (χ2v) is 3.27. The van der Waals surface area contributed by atoms with E-state index in [2.05, 4.69) is 15.3 Å². The molecule has 5 heteroatoms. The molecule has 2 heterocycles. The minimum atomic E-state index is 0.570. The summed E-state index contributed by atoms with van der Waals surface area (Å²) in [6.45, 7) is 1.61. The van der Waals surface area contributed by atoms with E-state index in [-0.39, 0.29) is 0 Å². The molecule has 0 aliphatic heterocycles. The fourth-order valence-electron chi connectivity index (χ4n) is 1.30. The molecule has 2 rings (SSSR count). The third-order valence-corrected chi connectivity index (χ3v) is 2.13. The maximum Gasteiger partial charge on any atom is 0.126 e. The highest BCUT2D eigenvalue weighted by atomic mass is 15.1. The summed E-state index contributed by atoms with van der Waals surface area (Å²) in [5, 5.41) is 11.8. The van der Waals surface area contributed by atoms with E-state index in [1.54, 1.807) is 30.9 Å². The van der Waals surface area contributed by atoms with Gasteiger partial charge in [0.15, 0.2) is 0 Å². The lowest BCUT2D eigenvalue weighted by Gasteiger charge is -2.05. The van der Waals surface area contributed by atoms with E-state index in [1.165, 1.54) is 0 Å². The smallest absolute Gasteiger partial charge is 0.126 e. The van der Waals surface area contributed by atoms with Crippen molar-refractivity contribution < 1.29 is 0 Å². The quantitative estimate of drug-likeness (QED) is 0.830. The summed E-state index contributed by atoms with van der Waals surface area (Å²) in [6.07, 6.45) is 6.99. The van der Waals surface area contributed by atoms with Crippen LogP contribution in [0.3, 0.4) is 0 Å². The number of nitrogens with zero attached hydrogens (tertiary/aromatic N) is 4. The van der Waals surface area contributed by atoms with Gasteiger partial charge in [-0.2, -0.15) is 5.26 Å². The van der Waals surface area contributed by atoms with Crippen molar-refractivity contribution in [2.24, 2.45) is 0 Å². The van der Waals surface area contributed by atoms with Crippen LogP contribution in [-0.4, -0.2) is 21.1 Å². The topological polar surface area (TPSA) is 66.5 Å². The van der Waals surface area contributed by atoms with Crippen molar-refractivity contribution in [3.05, 3.63) is 42.6 Å². The van der Waals surface area contributed by atoms with Gasteiger partial charge in [0, 0.05) is 31.7 Å². The Bertz CT molecular complexity index is 466. The number of anilines is 1. The predicted octanol–water partition coefficient (Wildman–Crippen LogP) is 1.26. The van der Waals surface area contributed by atoms with Crippen LogP contribution < -0.4 is 5.32 Å². The summed E-state index contributed by atoms with van der Waals surface area (Å²) in [4.78, 5) is 8.06. The van der Waals surface area contributed by atoms with E-state index < -0.39 is 0 Å². The van der Waals surface area contributed by atoms with Crippen LogP contribution in [-0.2, 0) is 6.54 Å². The molecule has 5 nitrogen and oxygen atoms in total. The zero-order valence-electron chi connectivity index (χ0n) is 8.67. The lowest BCUT2D eigenvalue weighted by atomic mass is 10.3. The van der Waals surface area contributed by atoms with Gasteiger partial charge in [-0.05, 0) is 12.1 Å². The standard InChI is InChI=1S/C11H11N5/c12-7-10-1-2-11(15-8-10)14-4-6-16-5-3-13-9-16/h1-3,5,8-9H,4,6H2,(H,14,15). The molecule has 0 saturated carbocycles. The Morgan fingerprint density at radius 2 is 2.38 bits per heavy atom. The first-order valence-electron chi connectivity index (χ1n) is 4.94. The summed E-state index contributed by atoms with van der Waals surface area (Å²) in [5.74, 6) is 0.777. The van der Waals surface area contributed by atoms with E-state index in [0.717, 1.165) is 18.9 Å². The lowest BCUT2D eigenvalue weighted by Crippen LogP contribution is -2.09. The molecule has 2 aromatic rings. The molecule has 0 amide bonds. The molecule has 2 aromatic heterocycles. The van der Waals surface area contributed by atoms with Gasteiger partial charge in [-0.1, -0.05) is 0 Å². The zero-order chi connectivity index (χ0) is 11.2. The van der Waals surface area contributed by atoms with Gasteiger partial charge in [-0.15, -0.1) is 0 Å². The SMILES string of the molecule is N#Cc1ccc(NCCn2ccnc2)nc1. The molecule has 16 heavy (non-hydrogen) atoms. The van der Waals surface area contributed by atoms with Crippen LogP contribution >= 0.6 is 0 Å². The Morgan fingerprint density at radius 1 is 1.44 bits per heavy atom. The second kappa shape index (κ2) is 4.94. The summed E-state index contributed by atoms with van der Waals surface area (Å²) < 4.78 is 1.98. The maximum absolute atomic E-state index is 8.61. The third-order valence-electron chi connectivity index (χ3n) is 2.13. The van der Waals surface area contributed by atoms with E-state index in [0.29, 0.717) is 5.56 Å². The highest BCUT2D eigenvalue weighted by molar-refractivity contribution is 5.38. The highest BCUT2D eigenvalue weighted by Gasteiger charge is 1.94. The van der Waals surface area contributed by atoms with Gasteiger partial charge in [-0.3, -0.25) is 0 Å². The number of nitriles is 1. The van der Waals surface area contributed by atoms with E-state index >= 15 is 0 Å². The fraction of sp³-hybridized carbons (Fsp3) is 0.182. The van der Waals surface area contributed by atoms with Gasteiger partial charge in [0.25, 0.3) is 0 Å². The van der Waals surface area contributed by atoms with Crippen molar-refractivity contribution in [1.82, 2.24) is 14.5 Å². The average Bonchev–Trinajstić information content (AvgIpc) is 2.83. The van der Waals surface area contributed by atoms with Crippen LogP contribution in [0.25, 0.3) is 0 Å². The van der Waals surface area contributed by atoms with Gasteiger partial charge in [0.05, 0.1) is 11.9 Å². The molecular formula is C11H11N5. The monoisotopic (exact) mass is 213 g/mol. The van der Waals surface area contributed by atoms with Crippen molar-refractivity contribution in [3.63, 3.8) is 0 Å². The average molecular weight is 213 g/mol. The Kier molecular flexibility index (Phi) is 3.14. The maximum atomic E-state index is 8.61. The molecule has 0 saturated heterocycles. The van der Waals surface area contributed by atoms with E-state index in [1.807, 2.05) is 16.8 Å². The van der Waals surface area contributed by atoms with Crippen LogP contribution in [0.5, 0.6) is 0 Å². The Balaban J connectivity index is 1.83. The van der Waals surface area contributed by atoms with Gasteiger partial charge in [0.1, 0.15) is 11.9 Å². The van der Waals surface area contributed by atoms with Crippen molar-refractivity contribution in [3.8, 4) is 6.07 Å². The van der Waals surface area contributed by atoms with E-state index in [4.69, 9.17) is 5.26 Å². The molecule has 0 bridgehead atoms. The number of pyridine rings is 1. The summed E-state index contributed by atoms with van der Waals surface area (Å²) >= 11 is 0. The molecule has 0 spiro atoms. The van der Waals surface area contributed by atoms with Crippen LogP contribution in [0.1, 0.15) is 5.56 Å². The Hall–Kier alpha value is -2.35. The minimum Gasteiger partial charge on any atom is -0.368 e. The predicted molar refractivity (Wildman–Crippen MR) is 59.7 cm³/mol. The van der Waals surface area contributed by atoms with Crippen LogP contribution in [0.15, 0.2) is 37.1 Å². The van der Waals surface area contributed by atoms with Crippen LogP contribution in [0, 0.1) is 11.3 Å². The third kappa shape index (κ3) is 2.58. The molecule has 0 radical (unpaired) electrons. The summed E-state index contributed by atoms with van der Waals surface area (Å²) in [7, 11) is 0. The molecule has 80 valence electrons. The molecule has 1 N–H and O–H groups in total. The molecule has 0 unspecified atom stereocenters. The molecule has 0 aromatic carbocycles. The first-order valence-corrected chi connectivity index (χ1v) is 4.94. The number of hydrogen-bond acceptors (Lipinski definition) is 4. The molecule has 0 fully saturated rings. The first-order chi connectivity index (χ1) is 7.88. The molecule has 0 atom stereocenters. The number of rotatable bonds is 4. The number of hydrogen-bond donors (Lipinski definition) is 1. The van der Waals surface area contributed by atoms with Crippen LogP contribution in [0.4, 0.5) is 5.82 Å². The first kappa shape index (κ1) is 10.2. The number of imidazole rings is 1. The number of aromatic nitrogens is 3. The van der Waals surface area contributed by atoms with Gasteiger partial charge < -0.3 is 9.88 Å². The molecule has 0 aliphatic rings. The highest BCUT2D eigenvalue weighted by Crippen LogP contribution is 2.03. The molecular weight excluding hydrogens is 202 g/mol. The van der Waals surface area contributed by atoms with Crippen LogP contribution in [0.2, 0.25) is 0 Å². The van der Waals surface area contributed by atoms with Crippen molar-refractivity contribution in [1.29, 1.82) is 5.26 Å². The summed E-state index contributed by atoms with van der Waals surface area (Å²) in [5.41, 5.74) is 0.570. The van der Waals surface area contributed by atoms with Gasteiger partial charge in [-0.25, -0.2) is 9.97 Å². The Morgan fingerprint density at radius 3 is 3.00 bits per heavy atom. The minimum absolute atomic E-state index is 0.570.